The first kappa shape index (κ1) is 25.0. The van der Waals surface area contributed by atoms with E-state index in [1.54, 1.807) is 11.3 Å². The number of nitrogens with one attached hydrogen (secondary N) is 1. The predicted octanol–water partition coefficient (Wildman–Crippen LogP) is 5.12. The van der Waals surface area contributed by atoms with Gasteiger partial charge in [-0.25, -0.2) is 15.0 Å². The fourth-order valence-corrected chi connectivity index (χ4v) is 6.29. The van der Waals surface area contributed by atoms with Crippen LogP contribution < -0.4 is 5.32 Å². The van der Waals surface area contributed by atoms with E-state index in [-0.39, 0.29) is 6.04 Å². The van der Waals surface area contributed by atoms with Gasteiger partial charge < -0.3 is 10.2 Å². The van der Waals surface area contributed by atoms with Gasteiger partial charge in [0.2, 0.25) is 5.91 Å². The van der Waals surface area contributed by atoms with E-state index in [1.807, 2.05) is 13.1 Å². The number of nitrogens with zero attached hydrogens (tertiary/aromatic N) is 5. The number of hydrogen-bond acceptors (Lipinski definition) is 7. The first-order chi connectivity index (χ1) is 16.4. The molecular formula is C26H40N6OS. The van der Waals surface area contributed by atoms with Crippen molar-refractivity contribution in [2.45, 2.75) is 91.1 Å². The fourth-order valence-electron chi connectivity index (χ4n) is 5.62. The van der Waals surface area contributed by atoms with E-state index in [1.165, 1.54) is 30.6 Å². The van der Waals surface area contributed by atoms with Gasteiger partial charge >= 0.3 is 0 Å². The van der Waals surface area contributed by atoms with Crippen LogP contribution in [0.3, 0.4) is 0 Å². The van der Waals surface area contributed by atoms with Crippen molar-refractivity contribution in [2.75, 3.05) is 25.0 Å². The van der Waals surface area contributed by atoms with E-state index < -0.39 is 0 Å². The molecule has 0 spiro atoms. The van der Waals surface area contributed by atoms with Crippen molar-refractivity contribution in [3.05, 3.63) is 28.7 Å². The number of likely N-dealkylation sites (tertiary alicyclic amines) is 1. The standard InChI is InChI=1S/C26H40N6OS/c1-18(2)32(23-10-6-5-7-11-23)25(33)17-31-12-8-9-21(16-31)13-22-14-24(29-20(4)28-22)30-26-27-15-19(3)34-26/h14-15,18,21,23H,5-13,16-17H2,1-4H3,(H,27,28,29,30). The normalized spacial score (nSPS) is 20.0. The lowest BCUT2D eigenvalue weighted by atomic mass is 9.92. The molecule has 2 aromatic heterocycles. The van der Waals surface area contributed by atoms with Crippen molar-refractivity contribution in [1.82, 2.24) is 24.8 Å². The Kier molecular flexibility index (Phi) is 8.53. The third-order valence-corrected chi connectivity index (χ3v) is 7.85. The van der Waals surface area contributed by atoms with Crippen LogP contribution in [0.4, 0.5) is 10.9 Å². The SMILES string of the molecule is Cc1nc(CC2CCCN(CC(=O)N(C(C)C)C3CCCCC3)C2)cc(Nc2ncc(C)s2)n1. The monoisotopic (exact) mass is 484 g/mol. The zero-order valence-electron chi connectivity index (χ0n) is 21.2. The summed E-state index contributed by atoms with van der Waals surface area (Å²) >= 11 is 1.63. The van der Waals surface area contributed by atoms with E-state index in [4.69, 9.17) is 4.98 Å². The molecule has 34 heavy (non-hydrogen) atoms. The number of piperidine rings is 1. The largest absolute Gasteiger partial charge is 0.336 e. The molecule has 1 saturated heterocycles. The molecule has 1 amide bonds. The molecule has 1 unspecified atom stereocenters. The molecule has 7 nitrogen and oxygen atoms in total. The molecule has 0 radical (unpaired) electrons. The molecule has 4 rings (SSSR count). The summed E-state index contributed by atoms with van der Waals surface area (Å²) in [6, 6.07) is 2.75. The molecule has 2 aromatic rings. The van der Waals surface area contributed by atoms with Gasteiger partial charge in [-0.1, -0.05) is 19.3 Å². The van der Waals surface area contributed by atoms with Crippen LogP contribution >= 0.6 is 11.3 Å². The molecule has 1 atom stereocenters. The van der Waals surface area contributed by atoms with Gasteiger partial charge in [-0.2, -0.15) is 0 Å². The number of anilines is 2. The molecule has 1 N–H and O–H groups in total. The van der Waals surface area contributed by atoms with Gasteiger partial charge in [-0.15, -0.1) is 11.3 Å². The molecule has 0 bridgehead atoms. The maximum Gasteiger partial charge on any atom is 0.237 e. The predicted molar refractivity (Wildman–Crippen MR) is 139 cm³/mol. The summed E-state index contributed by atoms with van der Waals surface area (Å²) in [5.74, 6) is 2.40. The Morgan fingerprint density at radius 2 is 1.97 bits per heavy atom. The van der Waals surface area contributed by atoms with Gasteiger partial charge in [0.1, 0.15) is 11.6 Å². The zero-order chi connectivity index (χ0) is 24.1. The topological polar surface area (TPSA) is 74.2 Å². The quantitative estimate of drug-likeness (QED) is 0.561. The molecule has 0 aromatic carbocycles. The Balaban J connectivity index is 1.36. The van der Waals surface area contributed by atoms with Gasteiger partial charge in [0, 0.05) is 41.5 Å². The molecular weight excluding hydrogens is 444 g/mol. The van der Waals surface area contributed by atoms with Gasteiger partial charge in [-0.3, -0.25) is 9.69 Å². The van der Waals surface area contributed by atoms with Crippen LogP contribution in [-0.2, 0) is 11.2 Å². The van der Waals surface area contributed by atoms with E-state index in [2.05, 4.69) is 51.9 Å². The third-order valence-electron chi connectivity index (χ3n) is 7.02. The van der Waals surface area contributed by atoms with Crippen LogP contribution in [0.2, 0.25) is 0 Å². The van der Waals surface area contributed by atoms with Crippen LogP contribution in [0, 0.1) is 19.8 Å². The minimum atomic E-state index is 0.271. The van der Waals surface area contributed by atoms with Crippen molar-refractivity contribution in [3.63, 3.8) is 0 Å². The number of amides is 1. The first-order valence-corrected chi connectivity index (χ1v) is 13.8. The number of rotatable bonds is 8. The zero-order valence-corrected chi connectivity index (χ0v) is 22.0. The second-order valence-electron chi connectivity index (χ2n) is 10.3. The first-order valence-electron chi connectivity index (χ1n) is 12.9. The maximum atomic E-state index is 13.3. The number of carbonyl (C=O) groups is 1. The molecule has 2 aliphatic rings. The molecule has 1 saturated carbocycles. The minimum absolute atomic E-state index is 0.271. The highest BCUT2D eigenvalue weighted by Gasteiger charge is 2.30. The lowest BCUT2D eigenvalue weighted by molar-refractivity contribution is -0.138. The average molecular weight is 485 g/mol. The minimum Gasteiger partial charge on any atom is -0.336 e. The molecule has 1 aliphatic heterocycles. The van der Waals surface area contributed by atoms with Gasteiger partial charge in [0.25, 0.3) is 0 Å². The van der Waals surface area contributed by atoms with E-state index in [9.17, 15) is 4.79 Å². The number of thiazole rings is 1. The van der Waals surface area contributed by atoms with Gasteiger partial charge in [-0.05, 0) is 72.3 Å². The lowest BCUT2D eigenvalue weighted by Gasteiger charge is -2.40. The number of hydrogen-bond donors (Lipinski definition) is 1. The highest BCUT2D eigenvalue weighted by molar-refractivity contribution is 7.15. The second-order valence-corrected chi connectivity index (χ2v) is 11.6. The van der Waals surface area contributed by atoms with Crippen molar-refractivity contribution in [1.29, 1.82) is 0 Å². The summed E-state index contributed by atoms with van der Waals surface area (Å²) in [4.78, 5) is 32.7. The van der Waals surface area contributed by atoms with Crippen LogP contribution in [-0.4, -0.2) is 62.4 Å². The van der Waals surface area contributed by atoms with Crippen LogP contribution in [0.25, 0.3) is 0 Å². The summed E-state index contributed by atoms with van der Waals surface area (Å²) < 4.78 is 0. The fraction of sp³-hybridized carbons (Fsp3) is 0.692. The lowest BCUT2D eigenvalue weighted by Crippen LogP contribution is -2.51. The molecule has 1 aliphatic carbocycles. The highest BCUT2D eigenvalue weighted by atomic mass is 32.1. The Labute approximate surface area is 208 Å². The van der Waals surface area contributed by atoms with Crippen LogP contribution in [0.5, 0.6) is 0 Å². The van der Waals surface area contributed by atoms with Gasteiger partial charge in [0.05, 0.1) is 6.54 Å². The van der Waals surface area contributed by atoms with Crippen molar-refractivity contribution in [3.8, 4) is 0 Å². The smallest absolute Gasteiger partial charge is 0.237 e. The Hall–Kier alpha value is -2.06. The van der Waals surface area contributed by atoms with Crippen molar-refractivity contribution < 1.29 is 4.79 Å². The van der Waals surface area contributed by atoms with E-state index in [0.717, 1.165) is 61.2 Å². The number of aromatic nitrogens is 3. The Morgan fingerprint density at radius 1 is 1.18 bits per heavy atom. The molecule has 8 heteroatoms. The van der Waals surface area contributed by atoms with Crippen molar-refractivity contribution >= 4 is 28.2 Å². The Morgan fingerprint density at radius 3 is 2.68 bits per heavy atom. The van der Waals surface area contributed by atoms with E-state index >= 15 is 0 Å². The summed E-state index contributed by atoms with van der Waals surface area (Å²) in [5.41, 5.74) is 1.06. The number of carbonyl (C=O) groups excluding carboxylic acids is 1. The summed E-state index contributed by atoms with van der Waals surface area (Å²) in [6.07, 6.45) is 11.2. The molecule has 186 valence electrons. The molecule has 3 heterocycles. The van der Waals surface area contributed by atoms with Crippen LogP contribution in [0.1, 0.15) is 75.2 Å². The van der Waals surface area contributed by atoms with Crippen LogP contribution in [0.15, 0.2) is 12.3 Å². The number of aryl methyl sites for hydroxylation is 2. The maximum absolute atomic E-state index is 13.3. The highest BCUT2D eigenvalue weighted by Crippen LogP contribution is 2.26. The average Bonchev–Trinajstić information content (AvgIpc) is 3.18. The molecule has 2 fully saturated rings. The van der Waals surface area contributed by atoms with E-state index in [0.29, 0.717) is 24.4 Å². The van der Waals surface area contributed by atoms with Crippen molar-refractivity contribution in [2.24, 2.45) is 5.92 Å². The Bertz CT molecular complexity index is 955. The second kappa shape index (κ2) is 11.6. The summed E-state index contributed by atoms with van der Waals surface area (Å²) in [6.45, 7) is 10.8. The third kappa shape index (κ3) is 6.75. The summed E-state index contributed by atoms with van der Waals surface area (Å²) in [5, 5.41) is 4.19. The summed E-state index contributed by atoms with van der Waals surface area (Å²) in [7, 11) is 0. The van der Waals surface area contributed by atoms with Gasteiger partial charge in [0.15, 0.2) is 5.13 Å².